The molecule has 0 aliphatic carbocycles. The normalized spacial score (nSPS) is 22.0. The number of rotatable bonds is 6. The number of ether oxygens (including phenoxy) is 3. The SMILES string of the molecule is C[C@@H](OC1OCCN(CC#CCN2CCOCC2)C1c1ccc(F)cc1)c1cc(C(F)(F)F)cc(C(F)(F)F)c1. The minimum Gasteiger partial charge on any atom is -0.379 e. The Morgan fingerprint density at radius 3 is 2.08 bits per heavy atom. The second-order valence-electron chi connectivity index (χ2n) is 9.57. The van der Waals surface area contributed by atoms with Gasteiger partial charge in [-0.3, -0.25) is 9.80 Å². The highest BCUT2D eigenvalue weighted by atomic mass is 19.4. The van der Waals surface area contributed by atoms with Crippen LogP contribution in [-0.4, -0.2) is 68.6 Å². The zero-order valence-electron chi connectivity index (χ0n) is 21.7. The summed E-state index contributed by atoms with van der Waals surface area (Å²) in [4.78, 5) is 4.10. The van der Waals surface area contributed by atoms with Gasteiger partial charge in [-0.1, -0.05) is 24.0 Å². The van der Waals surface area contributed by atoms with Gasteiger partial charge in [0.1, 0.15) is 5.82 Å². The smallest absolute Gasteiger partial charge is 0.379 e. The van der Waals surface area contributed by atoms with Gasteiger partial charge in [-0.05, 0) is 48.4 Å². The molecule has 2 aliphatic heterocycles. The number of nitrogens with zero attached hydrogens (tertiary/aromatic N) is 2. The number of hydrogen-bond donors (Lipinski definition) is 0. The van der Waals surface area contributed by atoms with Crippen molar-refractivity contribution in [1.82, 2.24) is 9.80 Å². The summed E-state index contributed by atoms with van der Waals surface area (Å²) in [6.45, 7) is 5.70. The number of halogens is 7. The van der Waals surface area contributed by atoms with Crippen molar-refractivity contribution in [3.63, 3.8) is 0 Å². The first-order valence-electron chi connectivity index (χ1n) is 12.7. The Morgan fingerprint density at radius 2 is 1.48 bits per heavy atom. The molecule has 2 saturated heterocycles. The predicted octanol–water partition coefficient (Wildman–Crippen LogP) is 5.68. The molecule has 218 valence electrons. The molecule has 12 heteroatoms. The van der Waals surface area contributed by atoms with Crippen LogP contribution >= 0.6 is 0 Å². The van der Waals surface area contributed by atoms with Crippen LogP contribution in [0.4, 0.5) is 30.7 Å². The van der Waals surface area contributed by atoms with Crippen molar-refractivity contribution in [3.8, 4) is 11.8 Å². The summed E-state index contributed by atoms with van der Waals surface area (Å²) >= 11 is 0. The van der Waals surface area contributed by atoms with Gasteiger partial charge in [0.2, 0.25) is 0 Å². The minimum atomic E-state index is -4.98. The average Bonchev–Trinajstić information content (AvgIpc) is 2.91. The maximum atomic E-state index is 13.7. The Balaban J connectivity index is 1.57. The van der Waals surface area contributed by atoms with E-state index in [-0.39, 0.29) is 18.2 Å². The van der Waals surface area contributed by atoms with E-state index in [4.69, 9.17) is 14.2 Å². The molecule has 40 heavy (non-hydrogen) atoms. The summed E-state index contributed by atoms with van der Waals surface area (Å²) in [7, 11) is 0. The number of morpholine rings is 2. The topological polar surface area (TPSA) is 34.2 Å². The summed E-state index contributed by atoms with van der Waals surface area (Å²) < 4.78 is 111. The molecule has 0 saturated carbocycles. The van der Waals surface area contributed by atoms with Gasteiger partial charge in [0.05, 0.1) is 56.2 Å². The van der Waals surface area contributed by atoms with Crippen molar-refractivity contribution >= 4 is 0 Å². The predicted molar refractivity (Wildman–Crippen MR) is 131 cm³/mol. The van der Waals surface area contributed by atoms with E-state index in [9.17, 15) is 30.7 Å². The van der Waals surface area contributed by atoms with Crippen molar-refractivity contribution < 1.29 is 44.9 Å². The molecular formula is C28H29F7N2O3. The van der Waals surface area contributed by atoms with Crippen LogP contribution in [0.1, 0.15) is 41.3 Å². The fraction of sp³-hybridized carbons (Fsp3) is 0.500. The van der Waals surface area contributed by atoms with Gasteiger partial charge in [0, 0.05) is 19.6 Å². The molecule has 0 amide bonds. The van der Waals surface area contributed by atoms with Gasteiger partial charge >= 0.3 is 12.4 Å². The molecule has 0 bridgehead atoms. The highest BCUT2D eigenvalue weighted by Gasteiger charge is 2.39. The van der Waals surface area contributed by atoms with Crippen LogP contribution in [0.15, 0.2) is 42.5 Å². The van der Waals surface area contributed by atoms with Crippen molar-refractivity contribution in [2.45, 2.75) is 37.7 Å². The zero-order chi connectivity index (χ0) is 28.9. The number of hydrogen-bond acceptors (Lipinski definition) is 5. The van der Waals surface area contributed by atoms with Gasteiger partial charge in [0.25, 0.3) is 0 Å². The van der Waals surface area contributed by atoms with Crippen LogP contribution in [0.3, 0.4) is 0 Å². The molecule has 4 rings (SSSR count). The van der Waals surface area contributed by atoms with E-state index < -0.39 is 47.7 Å². The monoisotopic (exact) mass is 574 g/mol. The van der Waals surface area contributed by atoms with E-state index in [1.807, 2.05) is 4.90 Å². The molecule has 2 aromatic rings. The molecule has 3 atom stereocenters. The lowest BCUT2D eigenvalue weighted by Gasteiger charge is -2.41. The van der Waals surface area contributed by atoms with Crippen LogP contribution in [-0.2, 0) is 26.6 Å². The van der Waals surface area contributed by atoms with E-state index in [0.717, 1.165) is 13.1 Å². The number of alkyl halides is 6. The molecule has 2 aliphatic rings. The van der Waals surface area contributed by atoms with Crippen molar-refractivity contribution in [1.29, 1.82) is 0 Å². The van der Waals surface area contributed by atoms with E-state index in [1.165, 1.54) is 31.2 Å². The van der Waals surface area contributed by atoms with Gasteiger partial charge in [-0.2, -0.15) is 26.3 Å². The van der Waals surface area contributed by atoms with Crippen molar-refractivity contribution in [2.75, 3.05) is 52.5 Å². The fourth-order valence-electron chi connectivity index (χ4n) is 4.59. The molecular weight excluding hydrogens is 545 g/mol. The fourth-order valence-corrected chi connectivity index (χ4v) is 4.59. The lowest BCUT2D eigenvalue weighted by Crippen LogP contribution is -2.47. The third-order valence-electron chi connectivity index (χ3n) is 6.75. The Hall–Kier alpha value is -2.69. The highest BCUT2D eigenvalue weighted by Crippen LogP contribution is 2.39. The standard InChI is InChI=1S/C28H29F7N2O3/c1-19(21-16-22(27(30,31)32)18-23(17-21)28(33,34)35)40-26-25(20-4-6-24(29)7-5-20)37(12-15-39-26)9-3-2-8-36-10-13-38-14-11-36/h4-7,16-19,25-26H,8-15H2,1H3/t19-,25?,26?/m1/s1. The molecule has 0 aromatic heterocycles. The van der Waals surface area contributed by atoms with E-state index in [1.54, 1.807) is 0 Å². The molecule has 0 radical (unpaired) electrons. The van der Waals surface area contributed by atoms with Gasteiger partial charge in [-0.15, -0.1) is 0 Å². The second-order valence-corrected chi connectivity index (χ2v) is 9.57. The maximum absolute atomic E-state index is 13.7. The highest BCUT2D eigenvalue weighted by molar-refractivity contribution is 5.35. The zero-order valence-corrected chi connectivity index (χ0v) is 21.7. The summed E-state index contributed by atoms with van der Waals surface area (Å²) in [6, 6.07) is 6.32. The Labute approximate surface area is 227 Å². The van der Waals surface area contributed by atoms with Crippen molar-refractivity contribution in [3.05, 3.63) is 70.5 Å². The molecule has 2 heterocycles. The van der Waals surface area contributed by atoms with Gasteiger partial charge < -0.3 is 14.2 Å². The summed E-state index contributed by atoms with van der Waals surface area (Å²) in [6.07, 6.45) is -12.2. The molecule has 2 aromatic carbocycles. The Bertz CT molecular complexity index is 1150. The van der Waals surface area contributed by atoms with Crippen LogP contribution in [0.5, 0.6) is 0 Å². The van der Waals surface area contributed by atoms with Crippen LogP contribution in [0.25, 0.3) is 0 Å². The summed E-state index contributed by atoms with van der Waals surface area (Å²) in [5.41, 5.74) is -2.55. The van der Waals surface area contributed by atoms with E-state index in [0.29, 0.717) is 50.5 Å². The van der Waals surface area contributed by atoms with E-state index >= 15 is 0 Å². The van der Waals surface area contributed by atoms with Crippen molar-refractivity contribution in [2.24, 2.45) is 0 Å². The largest absolute Gasteiger partial charge is 0.416 e. The first-order valence-corrected chi connectivity index (χ1v) is 12.7. The second kappa shape index (κ2) is 12.9. The van der Waals surface area contributed by atoms with E-state index in [2.05, 4.69) is 16.7 Å². The Morgan fingerprint density at radius 1 is 0.875 bits per heavy atom. The molecule has 2 fully saturated rings. The first-order chi connectivity index (χ1) is 18.9. The maximum Gasteiger partial charge on any atom is 0.416 e. The quantitative estimate of drug-likeness (QED) is 0.328. The third-order valence-corrected chi connectivity index (χ3v) is 6.75. The first kappa shape index (κ1) is 30.3. The van der Waals surface area contributed by atoms with Gasteiger partial charge in [0.15, 0.2) is 6.29 Å². The lowest BCUT2D eigenvalue weighted by atomic mass is 10.0. The minimum absolute atomic E-state index is 0.0754. The van der Waals surface area contributed by atoms with Crippen LogP contribution in [0, 0.1) is 17.7 Å². The van der Waals surface area contributed by atoms with Gasteiger partial charge in [-0.25, -0.2) is 4.39 Å². The number of benzene rings is 2. The van der Waals surface area contributed by atoms with Crippen LogP contribution < -0.4 is 0 Å². The Kier molecular flexibility index (Phi) is 9.74. The molecule has 0 spiro atoms. The lowest BCUT2D eigenvalue weighted by molar-refractivity contribution is -0.228. The summed E-state index contributed by atoms with van der Waals surface area (Å²) in [5, 5.41) is 0. The average molecular weight is 575 g/mol. The molecule has 2 unspecified atom stereocenters. The molecule has 0 N–H and O–H groups in total. The summed E-state index contributed by atoms with van der Waals surface area (Å²) in [5.74, 6) is 5.79. The third kappa shape index (κ3) is 7.95. The van der Waals surface area contributed by atoms with Crippen LogP contribution in [0.2, 0.25) is 0 Å². The molecule has 5 nitrogen and oxygen atoms in total.